The monoisotopic (exact) mass is 318 g/mol. The van der Waals surface area contributed by atoms with Crippen molar-refractivity contribution >= 4 is 17.5 Å². The molecule has 0 saturated heterocycles. The second-order valence-corrected chi connectivity index (χ2v) is 6.25. The van der Waals surface area contributed by atoms with Crippen LogP contribution in [0.4, 0.5) is 0 Å². The molecule has 1 aromatic heterocycles. The maximum absolute atomic E-state index is 12.6. The number of aryl methyl sites for hydroxylation is 1. The minimum Gasteiger partial charge on any atom is -0.336 e. The largest absolute Gasteiger partial charge is 0.336 e. The molecule has 2 aromatic rings. The first kappa shape index (κ1) is 15.0. The predicted octanol–water partition coefficient (Wildman–Crippen LogP) is 3.10. The van der Waals surface area contributed by atoms with Crippen molar-refractivity contribution in [2.45, 2.75) is 32.7 Å². The Bertz CT molecular complexity index is 708. The van der Waals surface area contributed by atoms with Crippen LogP contribution in [0.2, 0.25) is 5.02 Å². The van der Waals surface area contributed by atoms with E-state index in [0.29, 0.717) is 16.8 Å². The van der Waals surface area contributed by atoms with Crippen molar-refractivity contribution in [2.24, 2.45) is 5.92 Å². The summed E-state index contributed by atoms with van der Waals surface area (Å²) in [5.74, 6) is 1.32. The molecule has 0 radical (unpaired) electrons. The van der Waals surface area contributed by atoms with Crippen molar-refractivity contribution in [3.63, 3.8) is 0 Å². The van der Waals surface area contributed by atoms with E-state index >= 15 is 0 Å². The molecule has 0 spiro atoms. The van der Waals surface area contributed by atoms with Gasteiger partial charge >= 0.3 is 0 Å². The van der Waals surface area contributed by atoms with E-state index in [0.717, 1.165) is 5.69 Å². The van der Waals surface area contributed by atoms with Crippen LogP contribution in [0.15, 0.2) is 24.3 Å². The number of carbonyl (C=O) groups is 1. The van der Waals surface area contributed by atoms with Gasteiger partial charge in [0.1, 0.15) is 5.82 Å². The van der Waals surface area contributed by atoms with E-state index in [1.165, 1.54) is 12.8 Å². The van der Waals surface area contributed by atoms with Crippen molar-refractivity contribution < 1.29 is 4.79 Å². The number of aromatic nitrogens is 3. The average Bonchev–Trinajstić information content (AvgIpc) is 3.29. The molecular formula is C16H19ClN4O. The van der Waals surface area contributed by atoms with E-state index in [1.54, 1.807) is 15.6 Å². The summed E-state index contributed by atoms with van der Waals surface area (Å²) in [5.41, 5.74) is 0.728. The van der Waals surface area contributed by atoms with Crippen molar-refractivity contribution in [1.82, 2.24) is 19.7 Å². The van der Waals surface area contributed by atoms with Gasteiger partial charge in [-0.05, 0) is 44.7 Å². The Morgan fingerprint density at radius 3 is 2.73 bits per heavy atom. The number of nitrogens with zero attached hydrogens (tertiary/aromatic N) is 4. The van der Waals surface area contributed by atoms with E-state index in [1.807, 2.05) is 32.2 Å². The molecule has 1 aliphatic carbocycles. The fraction of sp³-hybridized carbons (Fsp3) is 0.438. The molecule has 1 saturated carbocycles. The topological polar surface area (TPSA) is 51.0 Å². The molecule has 0 aliphatic heterocycles. The van der Waals surface area contributed by atoms with Crippen molar-refractivity contribution in [2.75, 3.05) is 7.05 Å². The van der Waals surface area contributed by atoms with Gasteiger partial charge in [0, 0.05) is 13.1 Å². The number of carbonyl (C=O) groups excluding carboxylic acids is 1. The summed E-state index contributed by atoms with van der Waals surface area (Å²) in [6, 6.07) is 7.61. The third-order valence-electron chi connectivity index (χ3n) is 4.28. The Hall–Kier alpha value is -1.88. The van der Waals surface area contributed by atoms with Crippen LogP contribution in [-0.4, -0.2) is 38.7 Å². The summed E-state index contributed by atoms with van der Waals surface area (Å²) >= 11 is 6.20. The molecule has 5 nitrogen and oxygen atoms in total. The Labute approximate surface area is 134 Å². The fourth-order valence-electron chi connectivity index (χ4n) is 2.57. The number of rotatable bonds is 4. The lowest BCUT2D eigenvalue weighted by Gasteiger charge is -2.23. The van der Waals surface area contributed by atoms with Gasteiger partial charge in [-0.3, -0.25) is 4.79 Å². The predicted molar refractivity (Wildman–Crippen MR) is 85.4 cm³/mol. The van der Waals surface area contributed by atoms with Crippen molar-refractivity contribution in [3.8, 4) is 5.69 Å². The van der Waals surface area contributed by atoms with Gasteiger partial charge in [0.2, 0.25) is 5.82 Å². The second-order valence-electron chi connectivity index (χ2n) is 5.84. The quantitative estimate of drug-likeness (QED) is 0.870. The smallest absolute Gasteiger partial charge is 0.293 e. The highest BCUT2D eigenvalue weighted by atomic mass is 35.5. The third-order valence-corrected chi connectivity index (χ3v) is 4.60. The highest BCUT2D eigenvalue weighted by Gasteiger charge is 2.34. The fourth-order valence-corrected chi connectivity index (χ4v) is 2.79. The van der Waals surface area contributed by atoms with Gasteiger partial charge in [-0.15, -0.1) is 5.10 Å². The molecular weight excluding hydrogens is 300 g/mol. The molecule has 0 N–H and O–H groups in total. The molecule has 1 aromatic carbocycles. The van der Waals surface area contributed by atoms with Gasteiger partial charge in [0.25, 0.3) is 5.91 Å². The number of hydrogen-bond donors (Lipinski definition) is 0. The molecule has 0 unspecified atom stereocenters. The van der Waals surface area contributed by atoms with Crippen LogP contribution >= 0.6 is 11.6 Å². The van der Waals surface area contributed by atoms with E-state index in [-0.39, 0.29) is 17.8 Å². The summed E-state index contributed by atoms with van der Waals surface area (Å²) in [6.07, 6.45) is 2.39. The Kier molecular flexibility index (Phi) is 3.91. The summed E-state index contributed by atoms with van der Waals surface area (Å²) in [6.45, 7) is 3.89. The van der Waals surface area contributed by atoms with Gasteiger partial charge < -0.3 is 4.90 Å². The van der Waals surface area contributed by atoms with Gasteiger partial charge in [-0.25, -0.2) is 9.67 Å². The van der Waals surface area contributed by atoms with Gasteiger partial charge in [0.15, 0.2) is 0 Å². The minimum atomic E-state index is -0.145. The minimum absolute atomic E-state index is 0.145. The van der Waals surface area contributed by atoms with Crippen LogP contribution in [0, 0.1) is 12.8 Å². The van der Waals surface area contributed by atoms with Crippen LogP contribution in [0.1, 0.15) is 36.2 Å². The summed E-state index contributed by atoms with van der Waals surface area (Å²) in [7, 11) is 1.82. The van der Waals surface area contributed by atoms with Crippen LogP contribution in [-0.2, 0) is 0 Å². The maximum atomic E-state index is 12.6. The molecule has 1 amide bonds. The SMILES string of the molecule is Cc1nc(C(=O)N(C)[C@@H](C)C2CC2)nn1-c1ccccc1Cl. The molecule has 1 atom stereocenters. The molecule has 1 fully saturated rings. The van der Waals surface area contributed by atoms with Crippen molar-refractivity contribution in [1.29, 1.82) is 0 Å². The Morgan fingerprint density at radius 1 is 1.41 bits per heavy atom. The standard InChI is InChI=1S/C16H19ClN4O/c1-10(12-8-9-12)20(3)16(22)15-18-11(2)21(19-15)14-7-5-4-6-13(14)17/h4-7,10,12H,8-9H2,1-3H3/t10-/m0/s1. The van der Waals surface area contributed by atoms with Crippen LogP contribution in [0.5, 0.6) is 0 Å². The number of para-hydroxylation sites is 1. The number of amides is 1. The van der Waals surface area contributed by atoms with Crippen LogP contribution in [0.3, 0.4) is 0 Å². The molecule has 22 heavy (non-hydrogen) atoms. The van der Waals surface area contributed by atoms with Crippen LogP contribution < -0.4 is 0 Å². The molecule has 3 rings (SSSR count). The van der Waals surface area contributed by atoms with Gasteiger partial charge in [-0.2, -0.15) is 0 Å². The summed E-state index contributed by atoms with van der Waals surface area (Å²) in [5, 5.41) is 4.93. The normalized spacial score (nSPS) is 15.6. The highest BCUT2D eigenvalue weighted by Crippen LogP contribution is 2.35. The zero-order valence-electron chi connectivity index (χ0n) is 13.0. The van der Waals surface area contributed by atoms with Gasteiger partial charge in [0.05, 0.1) is 10.7 Å². The lowest BCUT2D eigenvalue weighted by molar-refractivity contribution is 0.0715. The van der Waals surface area contributed by atoms with Gasteiger partial charge in [-0.1, -0.05) is 23.7 Å². The number of benzene rings is 1. The van der Waals surface area contributed by atoms with E-state index < -0.39 is 0 Å². The first-order valence-electron chi connectivity index (χ1n) is 7.44. The van der Waals surface area contributed by atoms with E-state index in [2.05, 4.69) is 17.0 Å². The van der Waals surface area contributed by atoms with E-state index in [9.17, 15) is 4.79 Å². The average molecular weight is 319 g/mol. The first-order valence-corrected chi connectivity index (χ1v) is 7.82. The Balaban J connectivity index is 1.89. The molecule has 1 aliphatic rings. The zero-order chi connectivity index (χ0) is 15.9. The van der Waals surface area contributed by atoms with E-state index in [4.69, 9.17) is 11.6 Å². The summed E-state index contributed by atoms with van der Waals surface area (Å²) in [4.78, 5) is 18.6. The number of hydrogen-bond acceptors (Lipinski definition) is 3. The Morgan fingerprint density at radius 2 is 2.09 bits per heavy atom. The second kappa shape index (κ2) is 5.72. The lowest BCUT2D eigenvalue weighted by Crippen LogP contribution is -2.37. The maximum Gasteiger partial charge on any atom is 0.293 e. The zero-order valence-corrected chi connectivity index (χ0v) is 13.7. The molecule has 6 heteroatoms. The van der Waals surface area contributed by atoms with Crippen LogP contribution in [0.25, 0.3) is 5.69 Å². The summed E-state index contributed by atoms with van der Waals surface area (Å²) < 4.78 is 1.62. The molecule has 0 bridgehead atoms. The highest BCUT2D eigenvalue weighted by molar-refractivity contribution is 6.32. The molecule has 116 valence electrons. The first-order chi connectivity index (χ1) is 10.5. The third kappa shape index (κ3) is 2.73. The molecule has 1 heterocycles. The lowest BCUT2D eigenvalue weighted by atomic mass is 10.2. The number of halogens is 1. The van der Waals surface area contributed by atoms with Crippen molar-refractivity contribution in [3.05, 3.63) is 40.9 Å².